The van der Waals surface area contributed by atoms with Gasteiger partial charge in [0.1, 0.15) is 44.0 Å². The van der Waals surface area contributed by atoms with Crippen molar-refractivity contribution in [1.29, 1.82) is 0 Å². The van der Waals surface area contributed by atoms with Crippen LogP contribution in [0.3, 0.4) is 0 Å². The lowest BCUT2D eigenvalue weighted by Gasteiger charge is -2.31. The first-order valence-corrected chi connectivity index (χ1v) is 33.8. The van der Waals surface area contributed by atoms with E-state index in [2.05, 4.69) is 51.6 Å². The van der Waals surface area contributed by atoms with Crippen molar-refractivity contribution >= 4 is 82.4 Å². The number of hydrogen-bond donors (Lipinski definition) is 7. The second-order valence-electron chi connectivity index (χ2n) is 25.8. The van der Waals surface area contributed by atoms with E-state index >= 15 is 0 Å². The SMILES string of the molecule is C=CCOC(=O)N[C@H](C(=O)N[C@@H](C)C(=O)Nc1ccc(COC(=O)N2c3cc(OCCCOc4cc5c(cc4OC)C(=O)N4CC(=C)C[C@H]4CN5C(=O)OCc4ccc(NC(=O)[C@H](C)NC(=O)[C@@H](NC(=O)CCOCCOC)C(C)C)cc4)c(OC)cc3C(=O)N3CC(=C)C[C@H]3[C@@H]2O)cc1)C(C)C. The minimum Gasteiger partial charge on any atom is -0.493 e. The van der Waals surface area contributed by atoms with Gasteiger partial charge in [0, 0.05) is 56.5 Å². The number of methoxy groups -OCH3 is 3. The van der Waals surface area contributed by atoms with Gasteiger partial charge in [-0.25, -0.2) is 19.3 Å². The third kappa shape index (κ3) is 20.1. The molecule has 4 heterocycles. The number of carbonyl (C=O) groups is 10. The molecule has 8 rings (SSSR count). The Morgan fingerprint density at radius 2 is 1.09 bits per heavy atom. The molecule has 30 heteroatoms. The summed E-state index contributed by atoms with van der Waals surface area (Å²) in [6.07, 6.45) is -1.93. The Labute approximate surface area is 597 Å². The van der Waals surface area contributed by atoms with E-state index in [-0.39, 0.29) is 148 Å². The first-order chi connectivity index (χ1) is 49.2. The molecule has 0 saturated carbocycles. The van der Waals surface area contributed by atoms with Crippen LogP contribution in [0.2, 0.25) is 0 Å². The highest BCUT2D eigenvalue weighted by Crippen LogP contribution is 2.44. The Morgan fingerprint density at radius 1 is 0.583 bits per heavy atom. The Bertz CT molecular complexity index is 3810. The largest absolute Gasteiger partial charge is 0.493 e. The van der Waals surface area contributed by atoms with Crippen molar-refractivity contribution in [3.8, 4) is 23.0 Å². The number of nitrogens with one attached hydrogen (secondary N) is 6. The van der Waals surface area contributed by atoms with Crippen LogP contribution >= 0.6 is 0 Å². The molecule has 7 atom stereocenters. The summed E-state index contributed by atoms with van der Waals surface area (Å²) < 4.78 is 51.0. The van der Waals surface area contributed by atoms with E-state index in [1.165, 1.54) is 62.1 Å². The average molecular weight is 1430 g/mol. The van der Waals surface area contributed by atoms with E-state index in [1.54, 1.807) is 94.3 Å². The number of hydrogen-bond acceptors (Lipinski definition) is 20. The Kier molecular flexibility index (Phi) is 27.4. The number of nitrogens with zero attached hydrogens (tertiary/aromatic N) is 4. The lowest BCUT2D eigenvalue weighted by atomic mass is 10.0. The van der Waals surface area contributed by atoms with Gasteiger partial charge in [0.25, 0.3) is 11.8 Å². The Morgan fingerprint density at radius 3 is 1.62 bits per heavy atom. The normalized spacial score (nSPS) is 17.2. The maximum absolute atomic E-state index is 14.4. The number of carbonyl (C=O) groups excluding carboxylic acids is 10. The third-order valence-electron chi connectivity index (χ3n) is 17.4. The molecule has 4 aromatic carbocycles. The lowest BCUT2D eigenvalue weighted by Crippen LogP contribution is -2.53. The van der Waals surface area contributed by atoms with Crippen molar-refractivity contribution < 1.29 is 95.7 Å². The van der Waals surface area contributed by atoms with Crippen molar-refractivity contribution in [2.75, 3.05) is 101 Å². The van der Waals surface area contributed by atoms with Crippen molar-refractivity contribution in [1.82, 2.24) is 31.1 Å². The summed E-state index contributed by atoms with van der Waals surface area (Å²) in [5.74, 6) is -3.45. The molecular formula is C73H92N10O20. The van der Waals surface area contributed by atoms with Gasteiger partial charge in [0.15, 0.2) is 29.2 Å². The van der Waals surface area contributed by atoms with Crippen LogP contribution in [0.15, 0.2) is 110 Å². The van der Waals surface area contributed by atoms with Crippen LogP contribution in [-0.4, -0.2) is 198 Å². The molecule has 30 nitrogen and oxygen atoms in total. The molecule has 0 aromatic heterocycles. The molecule has 0 unspecified atom stereocenters. The van der Waals surface area contributed by atoms with E-state index in [0.29, 0.717) is 47.7 Å². The zero-order chi connectivity index (χ0) is 74.8. The highest BCUT2D eigenvalue weighted by Gasteiger charge is 2.47. The summed E-state index contributed by atoms with van der Waals surface area (Å²) in [6.45, 7) is 22.4. The van der Waals surface area contributed by atoms with E-state index in [0.717, 1.165) is 10.5 Å². The first-order valence-electron chi connectivity index (χ1n) is 33.8. The van der Waals surface area contributed by atoms with Crippen molar-refractivity contribution in [3.63, 3.8) is 0 Å². The molecule has 4 aliphatic rings. The second kappa shape index (κ2) is 36.2. The van der Waals surface area contributed by atoms with Gasteiger partial charge in [-0.15, -0.1) is 0 Å². The second-order valence-corrected chi connectivity index (χ2v) is 25.8. The molecule has 2 saturated heterocycles. The summed E-state index contributed by atoms with van der Waals surface area (Å²) in [5, 5.41) is 28.0. The smallest absolute Gasteiger partial charge is 0.416 e. The molecule has 7 N–H and O–H groups in total. The zero-order valence-corrected chi connectivity index (χ0v) is 59.4. The number of anilines is 4. The Hall–Kier alpha value is -10.7. The van der Waals surface area contributed by atoms with Crippen LogP contribution in [-0.2, 0) is 60.9 Å². The van der Waals surface area contributed by atoms with Gasteiger partial charge < -0.3 is 89.4 Å². The van der Waals surface area contributed by atoms with Crippen LogP contribution in [0.4, 0.5) is 37.1 Å². The molecule has 4 aliphatic heterocycles. The van der Waals surface area contributed by atoms with Crippen molar-refractivity contribution in [3.05, 3.63) is 132 Å². The summed E-state index contributed by atoms with van der Waals surface area (Å²) in [7, 11) is 4.34. The first kappa shape index (κ1) is 78.0. The number of aliphatic hydroxyl groups excluding tert-OH is 1. The topological polar surface area (TPSA) is 359 Å². The minimum atomic E-state index is -1.61. The minimum absolute atomic E-state index is 0.0000468. The lowest BCUT2D eigenvalue weighted by molar-refractivity contribution is -0.132. The third-order valence-corrected chi connectivity index (χ3v) is 17.4. The highest BCUT2D eigenvalue weighted by atomic mass is 16.6. The van der Waals surface area contributed by atoms with E-state index in [1.807, 2.05) is 0 Å². The number of alkyl carbamates (subject to hydrolysis) is 1. The number of aliphatic hydroxyl groups is 1. The number of ether oxygens (including phenoxy) is 9. The highest BCUT2D eigenvalue weighted by molar-refractivity contribution is 6.07. The number of benzene rings is 4. The molecule has 554 valence electrons. The monoisotopic (exact) mass is 1430 g/mol. The zero-order valence-electron chi connectivity index (χ0n) is 59.4. The van der Waals surface area contributed by atoms with Crippen molar-refractivity contribution in [2.24, 2.45) is 11.8 Å². The van der Waals surface area contributed by atoms with E-state index < -0.39 is 90.3 Å². The van der Waals surface area contributed by atoms with Crippen LogP contribution in [0.25, 0.3) is 0 Å². The fraction of sp³-hybridized carbons (Fsp3) is 0.452. The number of rotatable bonds is 32. The van der Waals surface area contributed by atoms with Crippen molar-refractivity contribution in [2.45, 2.75) is 123 Å². The summed E-state index contributed by atoms with van der Waals surface area (Å²) in [4.78, 5) is 140. The summed E-state index contributed by atoms with van der Waals surface area (Å²) in [6, 6.07) is 13.5. The molecule has 0 bridgehead atoms. The molecule has 4 aromatic rings. The molecule has 2 fully saturated rings. The maximum atomic E-state index is 14.4. The van der Waals surface area contributed by atoms with Gasteiger partial charge in [0.05, 0.1) is 88.4 Å². The maximum Gasteiger partial charge on any atom is 0.416 e. The molecular weight excluding hydrogens is 1340 g/mol. The number of amides is 10. The fourth-order valence-corrected chi connectivity index (χ4v) is 11.8. The van der Waals surface area contributed by atoms with Crippen LogP contribution in [0, 0.1) is 11.8 Å². The molecule has 0 spiro atoms. The van der Waals surface area contributed by atoms with E-state index in [4.69, 9.17) is 42.6 Å². The Balaban J connectivity index is 0.894. The van der Waals surface area contributed by atoms with Gasteiger partial charge in [-0.1, -0.05) is 88.9 Å². The van der Waals surface area contributed by atoms with Gasteiger partial charge >= 0.3 is 18.3 Å². The molecule has 10 amide bonds. The molecule has 0 aliphatic carbocycles. The predicted octanol–water partition coefficient (Wildman–Crippen LogP) is 6.74. The van der Waals surface area contributed by atoms with E-state index in [9.17, 15) is 53.1 Å². The average Bonchev–Trinajstić information content (AvgIpc) is 1.63. The number of fused-ring (bicyclic) bond motifs is 4. The fourth-order valence-electron chi connectivity index (χ4n) is 11.8. The summed E-state index contributed by atoms with van der Waals surface area (Å²) in [5.41, 5.74) is 3.62. The predicted molar refractivity (Wildman–Crippen MR) is 378 cm³/mol. The van der Waals surface area contributed by atoms with Crippen LogP contribution in [0.1, 0.15) is 99.1 Å². The quantitative estimate of drug-likeness (QED) is 0.0151. The van der Waals surface area contributed by atoms with Crippen LogP contribution in [0.5, 0.6) is 23.0 Å². The van der Waals surface area contributed by atoms with Gasteiger partial charge in [-0.3, -0.25) is 38.5 Å². The molecule has 0 radical (unpaired) electrons. The molecule has 103 heavy (non-hydrogen) atoms. The van der Waals surface area contributed by atoms with Gasteiger partial charge in [0.2, 0.25) is 29.5 Å². The summed E-state index contributed by atoms with van der Waals surface area (Å²) >= 11 is 0. The van der Waals surface area contributed by atoms with Crippen LogP contribution < -0.4 is 60.6 Å². The van der Waals surface area contributed by atoms with Gasteiger partial charge in [-0.05, 0) is 86.1 Å². The standard InChI is InChI=1S/C73H92N10O20/c1-13-24-101-71(92)79-63(42(4)5)67(88)75-46(9)65(86)77-50-21-17-48(18-22-50)40-103-73(94)83-55-35-60(58(97-12)33-53(55)69(90)81-37-44(7)31-56(81)70(83)91)100-26-14-25-99-59-34-54-52(32-57(59)96-11)68(89)80-36-43(6)30-51(80)38-82(54)72(93)102-39-47-15-19-49(20-16-47)76-64(85)45(8)74-66(87)62(41(2)3)78-61(84)23-27-98-29-28-95-10/h13,15-22,32-35,41-42,45-46,51,56,62-63,70,91H,1,6-7,14,23-31,36-40H2,2-5,8-12H3,(H,74,87)(H,75,88)(H,76,85)(H,77,86)(H,78,84)(H,79,92)/t45-,46-,51-,56-,62-,63-,70-/m0/s1. The van der Waals surface area contributed by atoms with Gasteiger partial charge in [-0.2, -0.15) is 0 Å².